The third kappa shape index (κ3) is 13.5. The Morgan fingerprint density at radius 2 is 1.62 bits per heavy atom. The van der Waals surface area contributed by atoms with Gasteiger partial charge >= 0.3 is 11.9 Å². The van der Waals surface area contributed by atoms with Crippen LogP contribution in [0.2, 0.25) is 0 Å². The summed E-state index contributed by atoms with van der Waals surface area (Å²) in [4.78, 5) is 25.8. The standard InChI is InChI=1S/C13H25NO7/c1-13(2,6-9-19-7-4-11(15)16)20-10-14(3)21-8-5-12(17)18/h4-10H2,1-3H3,(H,15,16)(H,17,18). The number of rotatable bonds is 13. The lowest BCUT2D eigenvalue weighted by atomic mass is 10.1. The quantitative estimate of drug-likeness (QED) is 0.294. The van der Waals surface area contributed by atoms with Crippen molar-refractivity contribution in [2.24, 2.45) is 0 Å². The summed E-state index contributed by atoms with van der Waals surface area (Å²) in [5, 5.41) is 18.4. The molecule has 0 unspecified atom stereocenters. The van der Waals surface area contributed by atoms with E-state index >= 15 is 0 Å². The molecule has 8 nitrogen and oxygen atoms in total. The Bertz CT molecular complexity index is 320. The van der Waals surface area contributed by atoms with Gasteiger partial charge in [0.1, 0.15) is 6.73 Å². The molecule has 0 aliphatic carbocycles. The fourth-order valence-electron chi connectivity index (χ4n) is 1.24. The Morgan fingerprint density at radius 3 is 2.19 bits per heavy atom. The Labute approximate surface area is 124 Å². The Balaban J connectivity index is 3.70. The van der Waals surface area contributed by atoms with Crippen molar-refractivity contribution in [1.82, 2.24) is 5.06 Å². The number of aliphatic carboxylic acids is 2. The summed E-state index contributed by atoms with van der Waals surface area (Å²) in [5.74, 6) is -1.80. The average molecular weight is 307 g/mol. The van der Waals surface area contributed by atoms with E-state index in [2.05, 4.69) is 0 Å². The van der Waals surface area contributed by atoms with Crippen LogP contribution in [0.3, 0.4) is 0 Å². The van der Waals surface area contributed by atoms with Crippen molar-refractivity contribution in [2.45, 2.75) is 38.7 Å². The van der Waals surface area contributed by atoms with Gasteiger partial charge in [0.15, 0.2) is 0 Å². The molecule has 21 heavy (non-hydrogen) atoms. The van der Waals surface area contributed by atoms with E-state index in [0.29, 0.717) is 13.0 Å². The first kappa shape index (κ1) is 19.8. The summed E-state index contributed by atoms with van der Waals surface area (Å²) in [7, 11) is 1.65. The van der Waals surface area contributed by atoms with Crippen molar-refractivity contribution in [3.8, 4) is 0 Å². The summed E-state index contributed by atoms with van der Waals surface area (Å²) in [6.07, 6.45) is 0.530. The van der Waals surface area contributed by atoms with Crippen molar-refractivity contribution in [1.29, 1.82) is 0 Å². The second-order valence-electron chi connectivity index (χ2n) is 5.14. The van der Waals surface area contributed by atoms with Crippen LogP contribution < -0.4 is 0 Å². The van der Waals surface area contributed by atoms with E-state index in [4.69, 9.17) is 24.5 Å². The van der Waals surface area contributed by atoms with Crippen LogP contribution in [0.15, 0.2) is 0 Å². The van der Waals surface area contributed by atoms with Crippen molar-refractivity contribution >= 4 is 11.9 Å². The van der Waals surface area contributed by atoms with E-state index in [9.17, 15) is 9.59 Å². The number of carboxylic acids is 2. The normalized spacial score (nSPS) is 11.8. The van der Waals surface area contributed by atoms with Gasteiger partial charge in [-0.05, 0) is 20.3 Å². The van der Waals surface area contributed by atoms with Crippen molar-refractivity contribution in [3.05, 3.63) is 0 Å². The van der Waals surface area contributed by atoms with Gasteiger partial charge in [0.2, 0.25) is 0 Å². The molecule has 0 aromatic rings. The zero-order chi connectivity index (χ0) is 16.3. The highest BCUT2D eigenvalue weighted by Gasteiger charge is 2.19. The Morgan fingerprint density at radius 1 is 1.05 bits per heavy atom. The van der Waals surface area contributed by atoms with Crippen LogP contribution in [0.4, 0.5) is 0 Å². The summed E-state index contributed by atoms with van der Waals surface area (Å²) in [6, 6.07) is 0. The molecular formula is C13H25NO7. The van der Waals surface area contributed by atoms with Crippen LogP contribution in [-0.2, 0) is 23.9 Å². The van der Waals surface area contributed by atoms with Crippen LogP contribution in [0.25, 0.3) is 0 Å². The topological polar surface area (TPSA) is 106 Å². The minimum Gasteiger partial charge on any atom is -0.481 e. The first-order chi connectivity index (χ1) is 9.73. The minimum atomic E-state index is -0.914. The fourth-order valence-corrected chi connectivity index (χ4v) is 1.24. The monoisotopic (exact) mass is 307 g/mol. The predicted molar refractivity (Wildman–Crippen MR) is 73.7 cm³/mol. The summed E-state index contributed by atoms with van der Waals surface area (Å²) in [5.41, 5.74) is -0.451. The van der Waals surface area contributed by atoms with Gasteiger partial charge in [0.05, 0.1) is 31.7 Å². The predicted octanol–water partition coefficient (Wildman–Crippen LogP) is 0.959. The lowest BCUT2D eigenvalue weighted by molar-refractivity contribution is -0.218. The molecule has 124 valence electrons. The van der Waals surface area contributed by atoms with Crippen LogP contribution in [-0.4, -0.2) is 66.4 Å². The van der Waals surface area contributed by atoms with E-state index < -0.39 is 17.5 Å². The molecule has 0 heterocycles. The van der Waals surface area contributed by atoms with Crippen LogP contribution >= 0.6 is 0 Å². The molecule has 0 aromatic carbocycles. The Kier molecular flexibility index (Phi) is 9.89. The number of hydrogen-bond donors (Lipinski definition) is 2. The number of hydroxylamine groups is 2. The SMILES string of the molecule is CN(COC(C)(C)CCOCCC(=O)O)OCCC(=O)O. The van der Waals surface area contributed by atoms with Gasteiger partial charge in [-0.1, -0.05) is 0 Å². The number of nitrogens with zero attached hydrogens (tertiary/aromatic N) is 1. The molecule has 0 bridgehead atoms. The Hall–Kier alpha value is -1.22. The molecule has 0 rings (SSSR count). The lowest BCUT2D eigenvalue weighted by Gasteiger charge is -2.28. The molecule has 0 aliphatic rings. The van der Waals surface area contributed by atoms with Crippen molar-refractivity contribution in [2.75, 3.05) is 33.6 Å². The molecule has 0 radical (unpaired) electrons. The van der Waals surface area contributed by atoms with Gasteiger partial charge in [-0.3, -0.25) is 14.4 Å². The molecular weight excluding hydrogens is 282 g/mol. The van der Waals surface area contributed by atoms with Crippen LogP contribution in [0.1, 0.15) is 33.1 Å². The maximum atomic E-state index is 10.3. The second-order valence-corrected chi connectivity index (χ2v) is 5.14. The second kappa shape index (κ2) is 10.5. The smallest absolute Gasteiger partial charge is 0.305 e. The van der Waals surface area contributed by atoms with E-state index in [0.717, 1.165) is 0 Å². The number of hydrogen-bond acceptors (Lipinski definition) is 6. The molecule has 8 heteroatoms. The van der Waals surface area contributed by atoms with Gasteiger partial charge in [-0.2, -0.15) is 5.06 Å². The zero-order valence-corrected chi connectivity index (χ0v) is 12.8. The van der Waals surface area contributed by atoms with Gasteiger partial charge < -0.3 is 19.7 Å². The molecule has 0 aromatic heterocycles. The van der Waals surface area contributed by atoms with E-state index in [1.165, 1.54) is 5.06 Å². The van der Waals surface area contributed by atoms with Crippen molar-refractivity contribution in [3.63, 3.8) is 0 Å². The third-order valence-electron chi connectivity index (χ3n) is 2.57. The molecule has 0 fully saturated rings. The van der Waals surface area contributed by atoms with Gasteiger partial charge in [-0.15, -0.1) is 0 Å². The van der Waals surface area contributed by atoms with E-state index in [1.807, 2.05) is 13.8 Å². The highest BCUT2D eigenvalue weighted by atomic mass is 16.7. The molecule has 0 aliphatic heterocycles. The largest absolute Gasteiger partial charge is 0.481 e. The molecule has 0 saturated carbocycles. The van der Waals surface area contributed by atoms with Gasteiger partial charge in [-0.25, -0.2) is 0 Å². The maximum Gasteiger partial charge on any atom is 0.305 e. The first-order valence-electron chi connectivity index (χ1n) is 6.72. The summed E-state index contributed by atoms with van der Waals surface area (Å²) >= 11 is 0. The lowest BCUT2D eigenvalue weighted by Crippen LogP contribution is -2.33. The minimum absolute atomic E-state index is 0.0125. The number of ether oxygens (including phenoxy) is 2. The average Bonchev–Trinajstić information content (AvgIpc) is 2.35. The third-order valence-corrected chi connectivity index (χ3v) is 2.57. The molecule has 0 spiro atoms. The zero-order valence-electron chi connectivity index (χ0n) is 12.8. The summed E-state index contributed by atoms with van der Waals surface area (Å²) < 4.78 is 10.8. The number of carboxylic acid groups (broad SMARTS) is 2. The van der Waals surface area contributed by atoms with Crippen LogP contribution in [0, 0.1) is 0 Å². The first-order valence-corrected chi connectivity index (χ1v) is 6.72. The fraction of sp³-hybridized carbons (Fsp3) is 0.846. The highest BCUT2D eigenvalue weighted by molar-refractivity contribution is 5.66. The molecule has 0 atom stereocenters. The van der Waals surface area contributed by atoms with Crippen molar-refractivity contribution < 1.29 is 34.1 Å². The molecule has 2 N–H and O–H groups in total. The highest BCUT2D eigenvalue weighted by Crippen LogP contribution is 2.14. The molecule has 0 amide bonds. The maximum absolute atomic E-state index is 10.3. The molecule has 0 saturated heterocycles. The summed E-state index contributed by atoms with van der Waals surface area (Å²) in [6.45, 7) is 4.65. The van der Waals surface area contributed by atoms with E-state index in [-0.39, 0.29) is 32.8 Å². The van der Waals surface area contributed by atoms with E-state index in [1.54, 1.807) is 7.05 Å². The van der Waals surface area contributed by atoms with Crippen LogP contribution in [0.5, 0.6) is 0 Å². The van der Waals surface area contributed by atoms with Gasteiger partial charge in [0.25, 0.3) is 0 Å². The van der Waals surface area contributed by atoms with Gasteiger partial charge in [0, 0.05) is 13.7 Å². The number of carbonyl (C=O) groups is 2.